The summed E-state index contributed by atoms with van der Waals surface area (Å²) in [7, 11) is 0. The molecule has 0 bridgehead atoms. The van der Waals surface area contributed by atoms with Gasteiger partial charge in [0.1, 0.15) is 0 Å². The van der Waals surface area contributed by atoms with Gasteiger partial charge in [0, 0.05) is 50.3 Å². The van der Waals surface area contributed by atoms with E-state index in [-0.39, 0.29) is 17.9 Å². The second-order valence-electron chi connectivity index (χ2n) is 7.87. The lowest BCUT2D eigenvalue weighted by atomic mass is 10.0. The molecule has 0 saturated carbocycles. The standard InChI is InChI=1S/C23H28N4O2/c28-22(18-8-6-12-24-16-18)27-15-7-9-19(17-27)25-21-11-3-2-10-20(21)23(29)26-13-4-1-5-14-26/h2-3,6,8,10-12,16,19,25H,1,4-5,7,9,13-15,17H2/t19-/m1/s1. The van der Waals surface area contributed by atoms with E-state index in [1.807, 2.05) is 34.1 Å². The maximum atomic E-state index is 13.0. The molecule has 3 heterocycles. The van der Waals surface area contributed by atoms with Crippen molar-refractivity contribution in [3.63, 3.8) is 0 Å². The number of hydrogen-bond donors (Lipinski definition) is 1. The van der Waals surface area contributed by atoms with E-state index in [2.05, 4.69) is 10.3 Å². The highest BCUT2D eigenvalue weighted by Crippen LogP contribution is 2.23. The predicted octanol–water partition coefficient (Wildman–Crippen LogP) is 3.42. The van der Waals surface area contributed by atoms with Crippen LogP contribution in [0.3, 0.4) is 0 Å². The van der Waals surface area contributed by atoms with Crippen LogP contribution in [0.1, 0.15) is 52.8 Å². The highest BCUT2D eigenvalue weighted by Gasteiger charge is 2.26. The first-order chi connectivity index (χ1) is 14.2. The van der Waals surface area contributed by atoms with E-state index in [4.69, 9.17) is 0 Å². The number of aromatic nitrogens is 1. The van der Waals surface area contributed by atoms with Crippen molar-refractivity contribution >= 4 is 17.5 Å². The van der Waals surface area contributed by atoms with E-state index in [1.54, 1.807) is 24.5 Å². The Balaban J connectivity index is 1.45. The number of benzene rings is 1. The molecule has 0 unspecified atom stereocenters. The van der Waals surface area contributed by atoms with Crippen LogP contribution in [0.4, 0.5) is 5.69 Å². The molecule has 2 fully saturated rings. The number of likely N-dealkylation sites (tertiary alicyclic amines) is 2. The zero-order valence-electron chi connectivity index (χ0n) is 16.7. The Bertz CT molecular complexity index is 849. The molecule has 152 valence electrons. The maximum Gasteiger partial charge on any atom is 0.255 e. The molecule has 2 aromatic rings. The molecule has 0 spiro atoms. The van der Waals surface area contributed by atoms with Gasteiger partial charge in [-0.25, -0.2) is 0 Å². The van der Waals surface area contributed by atoms with Crippen molar-refractivity contribution in [3.8, 4) is 0 Å². The molecule has 1 aromatic carbocycles. The molecule has 2 aliphatic heterocycles. The minimum atomic E-state index is 0.0160. The number of pyridine rings is 1. The van der Waals surface area contributed by atoms with Crippen molar-refractivity contribution in [2.45, 2.75) is 38.1 Å². The summed E-state index contributed by atoms with van der Waals surface area (Å²) in [6.45, 7) is 3.05. The van der Waals surface area contributed by atoms with Crippen molar-refractivity contribution in [2.75, 3.05) is 31.5 Å². The van der Waals surface area contributed by atoms with Crippen LogP contribution in [-0.4, -0.2) is 58.8 Å². The van der Waals surface area contributed by atoms with E-state index in [1.165, 1.54) is 6.42 Å². The number of para-hydroxylation sites is 1. The van der Waals surface area contributed by atoms with Crippen molar-refractivity contribution < 1.29 is 9.59 Å². The topological polar surface area (TPSA) is 65.5 Å². The van der Waals surface area contributed by atoms with Crippen LogP contribution in [-0.2, 0) is 0 Å². The van der Waals surface area contributed by atoms with Crippen LogP contribution in [0.2, 0.25) is 0 Å². The van der Waals surface area contributed by atoms with E-state index >= 15 is 0 Å². The molecule has 2 amide bonds. The molecule has 6 nitrogen and oxygen atoms in total. The van der Waals surface area contributed by atoms with Gasteiger partial charge in [-0.3, -0.25) is 14.6 Å². The van der Waals surface area contributed by atoms with Crippen LogP contribution in [0.5, 0.6) is 0 Å². The molecule has 2 saturated heterocycles. The first-order valence-electron chi connectivity index (χ1n) is 10.6. The molecule has 6 heteroatoms. The first kappa shape index (κ1) is 19.4. The number of carbonyl (C=O) groups is 2. The summed E-state index contributed by atoms with van der Waals surface area (Å²) in [5, 5.41) is 3.55. The summed E-state index contributed by atoms with van der Waals surface area (Å²) in [5.74, 6) is 0.120. The number of nitrogens with zero attached hydrogens (tertiary/aromatic N) is 3. The van der Waals surface area contributed by atoms with Gasteiger partial charge >= 0.3 is 0 Å². The summed E-state index contributed by atoms with van der Waals surface area (Å²) >= 11 is 0. The van der Waals surface area contributed by atoms with Crippen LogP contribution < -0.4 is 5.32 Å². The Hall–Kier alpha value is -2.89. The van der Waals surface area contributed by atoms with E-state index in [0.717, 1.165) is 56.6 Å². The Labute approximate surface area is 171 Å². The molecule has 29 heavy (non-hydrogen) atoms. The van der Waals surface area contributed by atoms with Crippen LogP contribution in [0.25, 0.3) is 0 Å². The lowest BCUT2D eigenvalue weighted by molar-refractivity contribution is 0.0707. The second-order valence-corrected chi connectivity index (χ2v) is 7.87. The van der Waals surface area contributed by atoms with Crippen molar-refractivity contribution in [2.24, 2.45) is 0 Å². The zero-order valence-corrected chi connectivity index (χ0v) is 16.7. The van der Waals surface area contributed by atoms with Gasteiger partial charge in [0.05, 0.1) is 11.1 Å². The van der Waals surface area contributed by atoms with Crippen molar-refractivity contribution in [3.05, 3.63) is 59.9 Å². The smallest absolute Gasteiger partial charge is 0.255 e. The molecule has 0 radical (unpaired) electrons. The average molecular weight is 393 g/mol. The minimum Gasteiger partial charge on any atom is -0.380 e. The molecule has 0 aliphatic carbocycles. The SMILES string of the molecule is O=C(c1cccnc1)N1CCC[C@@H](Nc2ccccc2C(=O)N2CCCCC2)C1. The number of nitrogens with one attached hydrogen (secondary N) is 1. The van der Waals surface area contributed by atoms with E-state index < -0.39 is 0 Å². The van der Waals surface area contributed by atoms with Gasteiger partial charge in [0.15, 0.2) is 0 Å². The molecule has 1 aromatic heterocycles. The Morgan fingerprint density at radius 1 is 0.897 bits per heavy atom. The molecular formula is C23H28N4O2. The lowest BCUT2D eigenvalue weighted by Crippen LogP contribution is -2.45. The fraction of sp³-hybridized carbons (Fsp3) is 0.435. The number of rotatable bonds is 4. The summed E-state index contributed by atoms with van der Waals surface area (Å²) in [5.41, 5.74) is 2.21. The summed E-state index contributed by atoms with van der Waals surface area (Å²) in [4.78, 5) is 33.7. The van der Waals surface area contributed by atoms with Crippen molar-refractivity contribution in [1.82, 2.24) is 14.8 Å². The third-order valence-corrected chi connectivity index (χ3v) is 5.78. The van der Waals surface area contributed by atoms with Gasteiger partial charge in [-0.05, 0) is 56.4 Å². The maximum absolute atomic E-state index is 13.0. The zero-order chi connectivity index (χ0) is 20.1. The number of anilines is 1. The quantitative estimate of drug-likeness (QED) is 0.866. The number of amides is 2. The van der Waals surface area contributed by atoms with Crippen LogP contribution in [0.15, 0.2) is 48.8 Å². The number of piperidine rings is 2. The molecule has 4 rings (SSSR count). The summed E-state index contributed by atoms with van der Waals surface area (Å²) < 4.78 is 0. The second kappa shape index (κ2) is 9.07. The van der Waals surface area contributed by atoms with Gasteiger partial charge in [-0.2, -0.15) is 0 Å². The number of carbonyl (C=O) groups excluding carboxylic acids is 2. The van der Waals surface area contributed by atoms with Gasteiger partial charge in [-0.1, -0.05) is 12.1 Å². The van der Waals surface area contributed by atoms with E-state index in [0.29, 0.717) is 12.1 Å². The van der Waals surface area contributed by atoms with Crippen LogP contribution >= 0.6 is 0 Å². The molecule has 1 N–H and O–H groups in total. The largest absolute Gasteiger partial charge is 0.380 e. The molecular weight excluding hydrogens is 364 g/mol. The van der Waals surface area contributed by atoms with Crippen molar-refractivity contribution in [1.29, 1.82) is 0 Å². The third kappa shape index (κ3) is 4.58. The van der Waals surface area contributed by atoms with Gasteiger partial charge in [0.25, 0.3) is 11.8 Å². The summed E-state index contributed by atoms with van der Waals surface area (Å²) in [6.07, 6.45) is 8.56. The Morgan fingerprint density at radius 2 is 1.69 bits per heavy atom. The van der Waals surface area contributed by atoms with Gasteiger partial charge in [0.2, 0.25) is 0 Å². The first-order valence-corrected chi connectivity index (χ1v) is 10.6. The lowest BCUT2D eigenvalue weighted by Gasteiger charge is -2.34. The van der Waals surface area contributed by atoms with Crippen LogP contribution in [0, 0.1) is 0 Å². The fourth-order valence-electron chi connectivity index (χ4n) is 4.23. The average Bonchev–Trinajstić information content (AvgIpc) is 2.80. The fourth-order valence-corrected chi connectivity index (χ4v) is 4.23. The summed E-state index contributed by atoms with van der Waals surface area (Å²) in [6, 6.07) is 11.5. The Morgan fingerprint density at radius 3 is 2.48 bits per heavy atom. The van der Waals surface area contributed by atoms with Gasteiger partial charge in [-0.15, -0.1) is 0 Å². The molecule has 2 aliphatic rings. The van der Waals surface area contributed by atoms with E-state index in [9.17, 15) is 9.59 Å². The van der Waals surface area contributed by atoms with Gasteiger partial charge < -0.3 is 15.1 Å². The Kier molecular flexibility index (Phi) is 6.08. The third-order valence-electron chi connectivity index (χ3n) is 5.78. The minimum absolute atomic E-state index is 0.0160. The predicted molar refractivity (Wildman–Crippen MR) is 113 cm³/mol. The highest BCUT2D eigenvalue weighted by atomic mass is 16.2. The normalized spacial score (nSPS) is 19.7. The highest BCUT2D eigenvalue weighted by molar-refractivity contribution is 5.99. The number of hydrogen-bond acceptors (Lipinski definition) is 4. The molecule has 1 atom stereocenters. The monoisotopic (exact) mass is 392 g/mol.